The third-order valence-corrected chi connectivity index (χ3v) is 2.17. The fourth-order valence-electron chi connectivity index (χ4n) is 0.878. The summed E-state index contributed by atoms with van der Waals surface area (Å²) < 4.78 is 3.72. The summed E-state index contributed by atoms with van der Waals surface area (Å²) in [6, 6.07) is 1.70. The smallest absolute Gasteiger partial charge is 0.163 e. The fourth-order valence-corrected chi connectivity index (χ4v) is 1.38. The highest BCUT2D eigenvalue weighted by Crippen LogP contribution is 2.13. The van der Waals surface area contributed by atoms with Gasteiger partial charge in [-0.15, -0.1) is 5.10 Å². The summed E-state index contributed by atoms with van der Waals surface area (Å²) in [5.41, 5.74) is 1.27. The lowest BCUT2D eigenvalue weighted by Gasteiger charge is -1.91. The molecule has 0 unspecified atom stereocenters. The van der Waals surface area contributed by atoms with E-state index in [1.54, 1.807) is 12.3 Å². The minimum atomic E-state index is -0.00241. The van der Waals surface area contributed by atoms with E-state index < -0.39 is 0 Å². The molecule has 0 atom stereocenters. The zero-order valence-corrected chi connectivity index (χ0v) is 11.1. The molecule has 0 spiro atoms. The van der Waals surface area contributed by atoms with Crippen molar-refractivity contribution >= 4 is 27.7 Å². The van der Waals surface area contributed by atoms with Crippen LogP contribution in [-0.2, 0) is 0 Å². The first-order valence-electron chi connectivity index (χ1n) is 5.36. The van der Waals surface area contributed by atoms with Crippen molar-refractivity contribution in [2.24, 2.45) is 0 Å². The van der Waals surface area contributed by atoms with Crippen LogP contribution in [0.3, 0.4) is 0 Å². The van der Waals surface area contributed by atoms with Gasteiger partial charge in [-0.1, -0.05) is 32.2 Å². The Hall–Kier alpha value is -1.36. The third-order valence-electron chi connectivity index (χ3n) is 1.51. The minimum Gasteiger partial charge on any atom is -0.294 e. The van der Waals surface area contributed by atoms with Gasteiger partial charge in [0.2, 0.25) is 0 Å². The molecule has 88 valence electrons. The Bertz CT molecular complexity index is 439. The lowest BCUT2D eigenvalue weighted by atomic mass is 10.2. The molecule has 4 nitrogen and oxygen atoms in total. The average Bonchev–Trinajstić information content (AvgIpc) is 2.81. The molecule has 0 saturated carbocycles. The summed E-state index contributed by atoms with van der Waals surface area (Å²) in [7, 11) is 0. The van der Waals surface area contributed by atoms with Crippen LogP contribution in [0.25, 0.3) is 10.3 Å². The lowest BCUT2D eigenvalue weighted by Crippen LogP contribution is -1.92. The molecule has 0 radical (unpaired) electrons. The highest BCUT2D eigenvalue weighted by atomic mass is 32.1. The molecule has 0 saturated heterocycles. The summed E-state index contributed by atoms with van der Waals surface area (Å²) in [6.07, 6.45) is 1.55. The zero-order valence-electron chi connectivity index (χ0n) is 10.3. The van der Waals surface area contributed by atoms with E-state index >= 15 is 0 Å². The highest BCUT2D eigenvalue weighted by Gasteiger charge is 2.03. The van der Waals surface area contributed by atoms with Crippen molar-refractivity contribution in [3.8, 4) is 0 Å². The molecular formula is C11H17N3OS. The van der Waals surface area contributed by atoms with Crippen LogP contribution >= 0.6 is 11.5 Å². The van der Waals surface area contributed by atoms with E-state index in [4.69, 9.17) is 0 Å². The van der Waals surface area contributed by atoms with Crippen molar-refractivity contribution in [2.75, 3.05) is 0 Å². The number of aromatic nitrogens is 3. The number of carbonyl (C=O) groups is 1. The van der Waals surface area contributed by atoms with Crippen molar-refractivity contribution in [2.45, 2.75) is 34.6 Å². The maximum Gasteiger partial charge on any atom is 0.163 e. The Kier molecular flexibility index (Phi) is 7.20. The second-order valence-electron chi connectivity index (χ2n) is 2.38. The number of hydrogen-bond donors (Lipinski definition) is 0. The Morgan fingerprint density at radius 3 is 2.44 bits per heavy atom. The lowest BCUT2D eigenvalue weighted by molar-refractivity contribution is 0.101. The van der Waals surface area contributed by atoms with Crippen molar-refractivity contribution in [1.29, 1.82) is 0 Å². The zero-order chi connectivity index (χ0) is 12.6. The van der Waals surface area contributed by atoms with Gasteiger partial charge >= 0.3 is 0 Å². The normalized spacial score (nSPS) is 8.56. The number of pyridine rings is 1. The van der Waals surface area contributed by atoms with Gasteiger partial charge in [0.05, 0.1) is 0 Å². The molecule has 16 heavy (non-hydrogen) atoms. The first-order valence-corrected chi connectivity index (χ1v) is 6.14. The molecule has 0 aliphatic heterocycles. The number of Topliss-reactive ketones (excluding diaryl/α,β-unsaturated/α-hetero) is 1. The van der Waals surface area contributed by atoms with Gasteiger partial charge in [-0.05, 0) is 13.0 Å². The largest absolute Gasteiger partial charge is 0.294 e. The highest BCUT2D eigenvalue weighted by molar-refractivity contribution is 7.12. The predicted molar refractivity (Wildman–Crippen MR) is 67.9 cm³/mol. The molecule has 2 aromatic rings. The molecule has 0 aliphatic carbocycles. The van der Waals surface area contributed by atoms with Crippen molar-refractivity contribution in [3.63, 3.8) is 0 Å². The Balaban J connectivity index is 0.000000509. The molecule has 5 heteroatoms. The second-order valence-corrected chi connectivity index (χ2v) is 3.11. The SMILES string of the molecule is CC.CC.CC(=O)c1cnc2snnc2c1. The Morgan fingerprint density at radius 1 is 1.25 bits per heavy atom. The molecular weight excluding hydrogens is 222 g/mol. The van der Waals surface area contributed by atoms with Crippen LogP contribution in [0.4, 0.5) is 0 Å². The molecule has 0 N–H and O–H groups in total. The van der Waals surface area contributed by atoms with E-state index in [1.807, 2.05) is 27.7 Å². The van der Waals surface area contributed by atoms with Crippen LogP contribution in [0.5, 0.6) is 0 Å². The Morgan fingerprint density at radius 2 is 1.88 bits per heavy atom. The summed E-state index contributed by atoms with van der Waals surface area (Å²) in [4.78, 5) is 15.7. The summed E-state index contributed by atoms with van der Waals surface area (Å²) in [5.74, 6) is -0.00241. The van der Waals surface area contributed by atoms with Gasteiger partial charge in [0, 0.05) is 23.3 Å². The number of ketones is 1. The van der Waals surface area contributed by atoms with Gasteiger partial charge in [-0.3, -0.25) is 4.79 Å². The molecule has 2 heterocycles. The molecule has 0 aromatic carbocycles. The van der Waals surface area contributed by atoms with Gasteiger partial charge in [0.15, 0.2) is 10.6 Å². The average molecular weight is 239 g/mol. The molecule has 0 fully saturated rings. The number of fused-ring (bicyclic) bond motifs is 1. The van der Waals surface area contributed by atoms with Crippen molar-refractivity contribution in [3.05, 3.63) is 17.8 Å². The first-order chi connectivity index (χ1) is 7.77. The summed E-state index contributed by atoms with van der Waals surface area (Å²) in [5, 5.41) is 3.82. The van der Waals surface area contributed by atoms with Gasteiger partial charge in [0.1, 0.15) is 5.52 Å². The Labute approximate surface area is 99.9 Å². The fraction of sp³-hybridized carbons (Fsp3) is 0.455. The van der Waals surface area contributed by atoms with E-state index in [-0.39, 0.29) is 5.78 Å². The molecule has 0 amide bonds. The van der Waals surface area contributed by atoms with Crippen LogP contribution in [-0.4, -0.2) is 20.4 Å². The number of carbonyl (C=O) groups excluding carboxylic acids is 1. The topological polar surface area (TPSA) is 55.7 Å². The van der Waals surface area contributed by atoms with Gasteiger partial charge in [0.25, 0.3) is 0 Å². The molecule has 0 aliphatic rings. The van der Waals surface area contributed by atoms with Gasteiger partial charge in [-0.2, -0.15) is 0 Å². The van der Waals surface area contributed by atoms with E-state index in [2.05, 4.69) is 14.6 Å². The predicted octanol–water partition coefficient (Wildman–Crippen LogP) is 3.34. The van der Waals surface area contributed by atoms with Crippen molar-refractivity contribution in [1.82, 2.24) is 14.6 Å². The molecule has 0 bridgehead atoms. The number of nitrogens with zero attached hydrogens (tertiary/aromatic N) is 3. The van der Waals surface area contributed by atoms with Crippen LogP contribution in [0, 0.1) is 0 Å². The van der Waals surface area contributed by atoms with E-state index in [1.165, 1.54) is 18.5 Å². The van der Waals surface area contributed by atoms with Crippen LogP contribution in [0.1, 0.15) is 45.0 Å². The van der Waals surface area contributed by atoms with Crippen LogP contribution in [0.15, 0.2) is 12.3 Å². The number of rotatable bonds is 1. The van der Waals surface area contributed by atoms with E-state index in [9.17, 15) is 4.79 Å². The quantitative estimate of drug-likeness (QED) is 0.716. The second kappa shape index (κ2) is 7.87. The maximum atomic E-state index is 10.9. The van der Waals surface area contributed by atoms with Gasteiger partial charge in [-0.25, -0.2) is 4.98 Å². The van der Waals surface area contributed by atoms with Gasteiger partial charge < -0.3 is 0 Å². The molecule has 2 rings (SSSR count). The first kappa shape index (κ1) is 14.6. The molecule has 2 aromatic heterocycles. The monoisotopic (exact) mass is 239 g/mol. The standard InChI is InChI=1S/C7H5N3OS.2C2H6/c1-4(11)5-2-6-7(8-3-5)12-10-9-6;2*1-2/h2-3H,1H3;2*1-2H3. The van der Waals surface area contributed by atoms with Crippen LogP contribution < -0.4 is 0 Å². The van der Waals surface area contributed by atoms with E-state index in [0.717, 1.165) is 4.83 Å². The van der Waals surface area contributed by atoms with Crippen molar-refractivity contribution < 1.29 is 4.79 Å². The van der Waals surface area contributed by atoms with Crippen LogP contribution in [0.2, 0.25) is 0 Å². The number of hydrogen-bond acceptors (Lipinski definition) is 5. The maximum absolute atomic E-state index is 10.9. The summed E-state index contributed by atoms with van der Waals surface area (Å²) in [6.45, 7) is 9.50. The minimum absolute atomic E-state index is 0.00241. The third kappa shape index (κ3) is 3.66. The van der Waals surface area contributed by atoms with E-state index in [0.29, 0.717) is 11.1 Å². The summed E-state index contributed by atoms with van der Waals surface area (Å²) >= 11 is 1.22.